The predicted molar refractivity (Wildman–Crippen MR) is 43.8 cm³/mol. The highest BCUT2D eigenvalue weighted by Crippen LogP contribution is 2.21. The number of hydroxylamine groups is 2. The van der Waals surface area contributed by atoms with Crippen LogP contribution in [0, 0.1) is 5.92 Å². The van der Waals surface area contributed by atoms with E-state index >= 15 is 0 Å². The van der Waals surface area contributed by atoms with E-state index in [1.807, 2.05) is 0 Å². The first-order chi connectivity index (χ1) is 6.50. The van der Waals surface area contributed by atoms with E-state index in [1.54, 1.807) is 0 Å². The largest absolute Gasteiger partial charge is 0.481 e. The van der Waals surface area contributed by atoms with E-state index in [-0.39, 0.29) is 13.0 Å². The molecule has 1 atom stereocenters. The van der Waals surface area contributed by atoms with Crippen LogP contribution in [-0.4, -0.2) is 34.6 Å². The summed E-state index contributed by atoms with van der Waals surface area (Å²) < 4.78 is 0. The Bertz CT molecular complexity index is 249. The van der Waals surface area contributed by atoms with E-state index < -0.39 is 23.8 Å². The second kappa shape index (κ2) is 4.08. The number of carbonyl (C=O) groups excluding carboxylic acids is 2. The molecule has 0 bridgehead atoms. The third-order valence-corrected chi connectivity index (χ3v) is 1.94. The van der Waals surface area contributed by atoms with Gasteiger partial charge in [-0.05, 0) is 6.42 Å². The van der Waals surface area contributed by atoms with Gasteiger partial charge < -0.3 is 9.94 Å². The molecule has 1 heterocycles. The van der Waals surface area contributed by atoms with Gasteiger partial charge in [-0.3, -0.25) is 14.4 Å². The summed E-state index contributed by atoms with van der Waals surface area (Å²) in [5.41, 5.74) is 0. The molecule has 14 heavy (non-hydrogen) atoms. The average Bonchev–Trinajstić information content (AvgIpc) is 2.34. The number of nitrogens with zero attached hydrogens (tertiary/aromatic N) is 1. The first-order valence-corrected chi connectivity index (χ1v) is 4.22. The van der Waals surface area contributed by atoms with E-state index in [9.17, 15) is 14.4 Å². The van der Waals surface area contributed by atoms with Crippen molar-refractivity contribution < 1.29 is 24.3 Å². The van der Waals surface area contributed by atoms with Crippen molar-refractivity contribution in [2.75, 3.05) is 6.54 Å². The third-order valence-electron chi connectivity index (χ3n) is 1.94. The Kier molecular flexibility index (Phi) is 3.06. The van der Waals surface area contributed by atoms with Crippen LogP contribution in [0.2, 0.25) is 0 Å². The highest BCUT2D eigenvalue weighted by molar-refractivity contribution is 5.85. The number of rotatable bonds is 3. The summed E-state index contributed by atoms with van der Waals surface area (Å²) in [5.74, 6) is -2.59. The van der Waals surface area contributed by atoms with Gasteiger partial charge in [0.1, 0.15) is 0 Å². The maximum Gasteiger partial charge on any atom is 0.329 e. The van der Waals surface area contributed by atoms with Crippen molar-refractivity contribution in [3.05, 3.63) is 0 Å². The Morgan fingerprint density at radius 2 is 2.29 bits per heavy atom. The van der Waals surface area contributed by atoms with Crippen molar-refractivity contribution in [1.29, 1.82) is 0 Å². The molecule has 0 aromatic rings. The minimum Gasteiger partial charge on any atom is -0.481 e. The fourth-order valence-corrected chi connectivity index (χ4v) is 1.36. The van der Waals surface area contributed by atoms with Crippen LogP contribution in [-0.2, 0) is 19.2 Å². The van der Waals surface area contributed by atoms with Gasteiger partial charge >= 0.3 is 11.9 Å². The minimum absolute atomic E-state index is 0.212. The van der Waals surface area contributed by atoms with Crippen LogP contribution >= 0.6 is 0 Å². The van der Waals surface area contributed by atoms with Crippen molar-refractivity contribution in [2.45, 2.75) is 19.8 Å². The van der Waals surface area contributed by atoms with Gasteiger partial charge in [0.2, 0.25) is 0 Å². The molecule has 6 heteroatoms. The van der Waals surface area contributed by atoms with Gasteiger partial charge in [0.05, 0.1) is 18.9 Å². The van der Waals surface area contributed by atoms with Gasteiger partial charge in [0.15, 0.2) is 0 Å². The number of amides is 1. The molecule has 0 aromatic heterocycles. The molecule has 1 aliphatic rings. The van der Waals surface area contributed by atoms with Crippen molar-refractivity contribution in [3.63, 3.8) is 0 Å². The topological polar surface area (TPSA) is 83.9 Å². The van der Waals surface area contributed by atoms with Crippen LogP contribution in [0.1, 0.15) is 19.8 Å². The molecular formula is C8H11NO5. The number of carboxylic acids is 1. The smallest absolute Gasteiger partial charge is 0.329 e. The standard InChI is InChI=1S/C8H11NO5/c1-5(10)14-9-3-2-6(8(9)13)4-7(11)12/h6H,2-4H2,1H3,(H,11,12). The summed E-state index contributed by atoms with van der Waals surface area (Å²) in [4.78, 5) is 36.8. The Balaban J connectivity index is 2.51. The average molecular weight is 201 g/mol. The normalized spacial score (nSPS) is 21.1. The summed E-state index contributed by atoms with van der Waals surface area (Å²) >= 11 is 0. The molecule has 1 unspecified atom stereocenters. The van der Waals surface area contributed by atoms with Crippen LogP contribution in [0.25, 0.3) is 0 Å². The zero-order valence-corrected chi connectivity index (χ0v) is 7.73. The minimum atomic E-state index is -1.02. The van der Waals surface area contributed by atoms with Crippen LogP contribution < -0.4 is 0 Å². The molecular weight excluding hydrogens is 190 g/mol. The van der Waals surface area contributed by atoms with E-state index in [0.29, 0.717) is 6.42 Å². The lowest BCUT2D eigenvalue weighted by Crippen LogP contribution is -2.30. The quantitative estimate of drug-likeness (QED) is 0.682. The molecule has 1 N–H and O–H groups in total. The van der Waals surface area contributed by atoms with Gasteiger partial charge in [0, 0.05) is 6.92 Å². The Morgan fingerprint density at radius 1 is 1.64 bits per heavy atom. The first-order valence-electron chi connectivity index (χ1n) is 4.22. The summed E-state index contributed by atoms with van der Waals surface area (Å²) in [6.07, 6.45) is 0.203. The fraction of sp³-hybridized carbons (Fsp3) is 0.625. The zero-order chi connectivity index (χ0) is 10.7. The highest BCUT2D eigenvalue weighted by atomic mass is 16.7. The molecule has 1 amide bonds. The van der Waals surface area contributed by atoms with Crippen molar-refractivity contribution in [1.82, 2.24) is 5.06 Å². The molecule has 0 aliphatic carbocycles. The monoisotopic (exact) mass is 201 g/mol. The Labute approximate surface area is 80.4 Å². The molecule has 1 saturated heterocycles. The summed E-state index contributed by atoms with van der Waals surface area (Å²) in [6, 6.07) is 0. The Hall–Kier alpha value is -1.59. The second-order valence-corrected chi connectivity index (χ2v) is 3.11. The van der Waals surface area contributed by atoms with Crippen molar-refractivity contribution in [2.24, 2.45) is 5.92 Å². The van der Waals surface area contributed by atoms with Gasteiger partial charge in [-0.25, -0.2) is 0 Å². The lowest BCUT2D eigenvalue weighted by Gasteiger charge is -2.13. The molecule has 1 fully saturated rings. The van der Waals surface area contributed by atoms with Crippen molar-refractivity contribution >= 4 is 17.8 Å². The molecule has 0 saturated carbocycles. The Morgan fingerprint density at radius 3 is 2.79 bits per heavy atom. The summed E-state index contributed by atoms with van der Waals surface area (Å²) in [7, 11) is 0. The van der Waals surface area contributed by atoms with Crippen LogP contribution in [0.4, 0.5) is 0 Å². The number of hydrogen-bond acceptors (Lipinski definition) is 4. The molecule has 1 rings (SSSR count). The van der Waals surface area contributed by atoms with Gasteiger partial charge in [-0.2, -0.15) is 5.06 Å². The second-order valence-electron chi connectivity index (χ2n) is 3.11. The van der Waals surface area contributed by atoms with E-state index in [2.05, 4.69) is 4.84 Å². The fourth-order valence-electron chi connectivity index (χ4n) is 1.36. The van der Waals surface area contributed by atoms with Crippen molar-refractivity contribution in [3.8, 4) is 0 Å². The summed E-state index contributed by atoms with van der Waals surface area (Å²) in [6.45, 7) is 1.47. The molecule has 0 spiro atoms. The molecule has 0 radical (unpaired) electrons. The molecule has 6 nitrogen and oxygen atoms in total. The maximum atomic E-state index is 11.4. The number of carbonyl (C=O) groups is 3. The van der Waals surface area contributed by atoms with Gasteiger partial charge in [-0.15, -0.1) is 0 Å². The molecule has 0 aromatic carbocycles. The predicted octanol–water partition coefficient (Wildman–Crippen LogP) is -0.212. The SMILES string of the molecule is CC(=O)ON1CCC(CC(=O)O)C1=O. The van der Waals surface area contributed by atoms with E-state index in [1.165, 1.54) is 6.92 Å². The van der Waals surface area contributed by atoms with Crippen LogP contribution in [0.15, 0.2) is 0 Å². The lowest BCUT2D eigenvalue weighted by molar-refractivity contribution is -0.191. The number of aliphatic carboxylic acids is 1. The first kappa shape index (κ1) is 10.5. The van der Waals surface area contributed by atoms with Crippen LogP contribution in [0.3, 0.4) is 0 Å². The highest BCUT2D eigenvalue weighted by Gasteiger charge is 2.35. The van der Waals surface area contributed by atoms with E-state index in [0.717, 1.165) is 5.06 Å². The number of hydrogen-bond donors (Lipinski definition) is 1. The van der Waals surface area contributed by atoms with Gasteiger partial charge in [0.25, 0.3) is 5.91 Å². The zero-order valence-electron chi connectivity index (χ0n) is 7.73. The molecule has 78 valence electrons. The van der Waals surface area contributed by atoms with E-state index in [4.69, 9.17) is 5.11 Å². The number of carboxylic acid groups (broad SMARTS) is 1. The summed E-state index contributed by atoms with van der Waals surface area (Å²) in [5, 5.41) is 9.41. The maximum absolute atomic E-state index is 11.4. The third kappa shape index (κ3) is 2.45. The van der Waals surface area contributed by atoms with Gasteiger partial charge in [-0.1, -0.05) is 0 Å². The lowest BCUT2D eigenvalue weighted by atomic mass is 10.1. The van der Waals surface area contributed by atoms with Crippen LogP contribution in [0.5, 0.6) is 0 Å². The molecule has 1 aliphatic heterocycles.